The molecule has 1 aromatic heterocycles. The molecule has 0 saturated carbocycles. The van der Waals surface area contributed by atoms with Gasteiger partial charge >= 0.3 is 12.2 Å². The second-order valence-corrected chi connectivity index (χ2v) is 6.97. The molecule has 1 aromatic rings. The molecular formula is C15H20BrF3N4O. The first-order chi connectivity index (χ1) is 11.1. The van der Waals surface area contributed by atoms with Gasteiger partial charge in [0.25, 0.3) is 0 Å². The number of amides is 2. The lowest BCUT2D eigenvalue weighted by Crippen LogP contribution is -2.51. The summed E-state index contributed by atoms with van der Waals surface area (Å²) in [7, 11) is 4.98. The molecule has 0 aromatic carbocycles. The van der Waals surface area contributed by atoms with E-state index in [2.05, 4.69) is 20.9 Å². The smallest absolute Gasteiger partial charge is 0.354 e. The summed E-state index contributed by atoms with van der Waals surface area (Å²) in [6.07, 6.45) is -1.66. The zero-order valence-corrected chi connectivity index (χ0v) is 15.4. The Kier molecular flexibility index (Phi) is 5.62. The van der Waals surface area contributed by atoms with Gasteiger partial charge in [-0.3, -0.25) is 0 Å². The third kappa shape index (κ3) is 4.12. The molecule has 1 atom stereocenters. The van der Waals surface area contributed by atoms with E-state index in [9.17, 15) is 18.0 Å². The Balaban J connectivity index is 2.26. The van der Waals surface area contributed by atoms with Crippen LogP contribution < -0.4 is 4.90 Å². The molecule has 24 heavy (non-hydrogen) atoms. The predicted octanol–water partition coefficient (Wildman–Crippen LogP) is 3.45. The van der Waals surface area contributed by atoms with E-state index in [0.717, 1.165) is 12.5 Å². The summed E-state index contributed by atoms with van der Waals surface area (Å²) in [4.78, 5) is 20.7. The van der Waals surface area contributed by atoms with Crippen LogP contribution in [-0.2, 0) is 6.18 Å². The summed E-state index contributed by atoms with van der Waals surface area (Å²) in [5, 5.41) is 0. The van der Waals surface area contributed by atoms with Crippen LogP contribution in [0.2, 0.25) is 0 Å². The van der Waals surface area contributed by atoms with Crippen molar-refractivity contribution in [3.63, 3.8) is 0 Å². The first-order valence-electron chi connectivity index (χ1n) is 7.53. The Bertz CT molecular complexity index is 609. The SMILES string of the molecule is CN(C)C(=O)N(C)C1CCCN(c2ncc(Br)cc2C(F)(F)F)C1. The largest absolute Gasteiger partial charge is 0.419 e. The molecule has 2 amide bonds. The number of rotatable bonds is 2. The van der Waals surface area contributed by atoms with Crippen molar-refractivity contribution in [2.24, 2.45) is 0 Å². The van der Waals surface area contributed by atoms with Crippen LogP contribution in [0.5, 0.6) is 0 Å². The monoisotopic (exact) mass is 408 g/mol. The number of carbonyl (C=O) groups excluding carboxylic acids is 1. The fourth-order valence-electron chi connectivity index (χ4n) is 2.83. The molecule has 9 heteroatoms. The highest BCUT2D eigenvalue weighted by Gasteiger charge is 2.37. The van der Waals surface area contributed by atoms with Crippen LogP contribution in [0.1, 0.15) is 18.4 Å². The van der Waals surface area contributed by atoms with Crippen molar-refractivity contribution in [3.05, 3.63) is 22.3 Å². The van der Waals surface area contributed by atoms with Gasteiger partial charge in [-0.05, 0) is 34.8 Å². The van der Waals surface area contributed by atoms with Crippen LogP contribution in [0.25, 0.3) is 0 Å². The van der Waals surface area contributed by atoms with E-state index in [1.807, 2.05) is 0 Å². The van der Waals surface area contributed by atoms with Crippen LogP contribution in [0.15, 0.2) is 16.7 Å². The molecule has 2 heterocycles. The first kappa shape index (κ1) is 18.8. The van der Waals surface area contributed by atoms with E-state index in [-0.39, 0.29) is 22.4 Å². The van der Waals surface area contributed by atoms with Crippen LogP contribution in [0.3, 0.4) is 0 Å². The molecule has 0 radical (unpaired) electrons. The molecule has 0 aliphatic carbocycles. The van der Waals surface area contributed by atoms with E-state index in [1.165, 1.54) is 11.1 Å². The third-order valence-corrected chi connectivity index (χ3v) is 4.50. The van der Waals surface area contributed by atoms with Crippen molar-refractivity contribution in [2.75, 3.05) is 39.1 Å². The standard InChI is InChI=1S/C15H20BrF3N4O/c1-21(2)14(24)22(3)11-5-4-6-23(9-11)13-12(15(17,18)19)7-10(16)8-20-13/h7-8,11H,4-6,9H2,1-3H3. The Morgan fingerprint density at radius 3 is 2.62 bits per heavy atom. The maximum atomic E-state index is 13.3. The Hall–Kier alpha value is -1.51. The number of aromatic nitrogens is 1. The summed E-state index contributed by atoms with van der Waals surface area (Å²) >= 11 is 3.04. The van der Waals surface area contributed by atoms with E-state index < -0.39 is 11.7 Å². The van der Waals surface area contributed by atoms with Gasteiger partial charge in [-0.1, -0.05) is 0 Å². The minimum absolute atomic E-state index is 0.0823. The van der Waals surface area contributed by atoms with Crippen LogP contribution in [0, 0.1) is 0 Å². The fraction of sp³-hybridized carbons (Fsp3) is 0.600. The lowest BCUT2D eigenvalue weighted by Gasteiger charge is -2.39. The highest BCUT2D eigenvalue weighted by molar-refractivity contribution is 9.10. The van der Waals surface area contributed by atoms with Gasteiger partial charge in [0.1, 0.15) is 5.82 Å². The summed E-state index contributed by atoms with van der Waals surface area (Å²) < 4.78 is 40.2. The minimum Gasteiger partial charge on any atom is -0.354 e. The second-order valence-electron chi connectivity index (χ2n) is 6.05. The van der Waals surface area contributed by atoms with Crippen LogP contribution >= 0.6 is 15.9 Å². The van der Waals surface area contributed by atoms with Gasteiger partial charge < -0.3 is 14.7 Å². The number of urea groups is 1. The normalized spacial score (nSPS) is 18.5. The van der Waals surface area contributed by atoms with Crippen molar-refractivity contribution in [2.45, 2.75) is 25.1 Å². The number of hydrogen-bond donors (Lipinski definition) is 0. The average molecular weight is 409 g/mol. The number of carbonyl (C=O) groups is 1. The number of hydrogen-bond acceptors (Lipinski definition) is 3. The van der Waals surface area contributed by atoms with Gasteiger partial charge in [0.15, 0.2) is 0 Å². The number of nitrogens with zero attached hydrogens (tertiary/aromatic N) is 4. The zero-order chi connectivity index (χ0) is 18.1. The molecule has 1 aliphatic heterocycles. The zero-order valence-electron chi connectivity index (χ0n) is 13.8. The third-order valence-electron chi connectivity index (χ3n) is 4.07. The van der Waals surface area contributed by atoms with Crippen molar-refractivity contribution in [3.8, 4) is 0 Å². The number of alkyl halides is 3. The van der Waals surface area contributed by atoms with E-state index in [1.54, 1.807) is 30.9 Å². The van der Waals surface area contributed by atoms with Crippen LogP contribution in [-0.4, -0.2) is 61.1 Å². The molecule has 0 spiro atoms. The number of likely N-dealkylation sites (N-methyl/N-ethyl adjacent to an activating group) is 1. The van der Waals surface area contributed by atoms with Crippen molar-refractivity contribution in [1.29, 1.82) is 0 Å². The second kappa shape index (κ2) is 7.16. The minimum atomic E-state index is -4.48. The molecule has 2 rings (SSSR count). The molecule has 0 N–H and O–H groups in total. The Morgan fingerprint density at radius 2 is 2.04 bits per heavy atom. The molecule has 0 bridgehead atoms. The number of halogens is 4. The first-order valence-corrected chi connectivity index (χ1v) is 8.32. The topological polar surface area (TPSA) is 39.7 Å². The molecule has 5 nitrogen and oxygen atoms in total. The molecule has 134 valence electrons. The summed E-state index contributed by atoms with van der Waals surface area (Å²) in [6.45, 7) is 0.812. The molecule has 1 unspecified atom stereocenters. The Labute approximate surface area is 147 Å². The Morgan fingerprint density at radius 1 is 1.38 bits per heavy atom. The summed E-state index contributed by atoms with van der Waals surface area (Å²) in [5.41, 5.74) is -0.765. The van der Waals surface area contributed by atoms with Gasteiger partial charge in [0.05, 0.1) is 11.6 Å². The maximum Gasteiger partial charge on any atom is 0.419 e. The molecule has 1 saturated heterocycles. The van der Waals surface area contributed by atoms with Gasteiger partial charge in [-0.2, -0.15) is 13.2 Å². The number of piperidine rings is 1. The number of pyridine rings is 1. The average Bonchev–Trinajstić information content (AvgIpc) is 2.52. The number of anilines is 1. The maximum absolute atomic E-state index is 13.3. The highest BCUT2D eigenvalue weighted by atomic mass is 79.9. The lowest BCUT2D eigenvalue weighted by atomic mass is 10.0. The van der Waals surface area contributed by atoms with Crippen molar-refractivity contribution < 1.29 is 18.0 Å². The summed E-state index contributed by atoms with van der Waals surface area (Å²) in [5.74, 6) is -0.0823. The van der Waals surface area contributed by atoms with Crippen molar-refractivity contribution in [1.82, 2.24) is 14.8 Å². The molecule has 1 fully saturated rings. The van der Waals surface area contributed by atoms with E-state index >= 15 is 0 Å². The molecule has 1 aliphatic rings. The van der Waals surface area contributed by atoms with Crippen molar-refractivity contribution >= 4 is 27.8 Å². The van der Waals surface area contributed by atoms with Gasteiger partial charge in [0.2, 0.25) is 0 Å². The fourth-order valence-corrected chi connectivity index (χ4v) is 3.16. The van der Waals surface area contributed by atoms with Crippen LogP contribution in [0.4, 0.5) is 23.8 Å². The predicted molar refractivity (Wildman–Crippen MR) is 89.0 cm³/mol. The van der Waals surface area contributed by atoms with Gasteiger partial charge in [-0.15, -0.1) is 0 Å². The van der Waals surface area contributed by atoms with E-state index in [4.69, 9.17) is 0 Å². The van der Waals surface area contributed by atoms with E-state index in [0.29, 0.717) is 19.5 Å². The molecular weight excluding hydrogens is 389 g/mol. The quantitative estimate of drug-likeness (QED) is 0.752. The van der Waals surface area contributed by atoms with Gasteiger partial charge in [0, 0.05) is 44.9 Å². The highest BCUT2D eigenvalue weighted by Crippen LogP contribution is 2.37. The summed E-state index contributed by atoms with van der Waals surface area (Å²) in [6, 6.07) is 0.725. The van der Waals surface area contributed by atoms with Gasteiger partial charge in [-0.25, -0.2) is 9.78 Å². The lowest BCUT2D eigenvalue weighted by molar-refractivity contribution is -0.137.